The highest BCUT2D eigenvalue weighted by Crippen LogP contribution is 2.44. The Bertz CT molecular complexity index is 460. The lowest BCUT2D eigenvalue weighted by Crippen LogP contribution is -2.25. The first-order valence-electron chi connectivity index (χ1n) is 11.9. The van der Waals surface area contributed by atoms with Gasteiger partial charge in [-0.1, -0.05) is 95.0 Å². The molecule has 1 aromatic carbocycles. The molecule has 0 radical (unpaired) electrons. The summed E-state index contributed by atoms with van der Waals surface area (Å²) in [5.41, 5.74) is 1.59. The first-order valence-corrected chi connectivity index (χ1v) is 11.9. The van der Waals surface area contributed by atoms with Crippen LogP contribution in [0.5, 0.6) is 0 Å². The van der Waals surface area contributed by atoms with E-state index in [1.54, 1.807) is 18.4 Å². The Morgan fingerprint density at radius 1 is 0.654 bits per heavy atom. The minimum absolute atomic E-state index is 0.844. The molecule has 146 valence electrons. The van der Waals surface area contributed by atoms with Crippen LogP contribution in [0.1, 0.15) is 115 Å². The summed E-state index contributed by atoms with van der Waals surface area (Å²) >= 11 is 0. The molecule has 0 N–H and O–H groups in total. The van der Waals surface area contributed by atoms with E-state index in [0.29, 0.717) is 0 Å². The minimum Gasteiger partial charge on any atom is -0.0654 e. The zero-order valence-corrected chi connectivity index (χ0v) is 17.3. The van der Waals surface area contributed by atoms with Crippen LogP contribution in [0, 0.1) is 17.8 Å². The smallest absolute Gasteiger partial charge is 0.0162 e. The van der Waals surface area contributed by atoms with Gasteiger partial charge in [-0.25, -0.2) is 0 Å². The van der Waals surface area contributed by atoms with E-state index in [1.807, 2.05) is 0 Å². The lowest BCUT2D eigenvalue weighted by Gasteiger charge is -2.38. The molecule has 0 heteroatoms. The molecule has 0 spiro atoms. The van der Waals surface area contributed by atoms with Crippen molar-refractivity contribution in [1.82, 2.24) is 0 Å². The highest BCUT2D eigenvalue weighted by molar-refractivity contribution is 5.19. The molecule has 2 aliphatic rings. The normalized spacial score (nSPS) is 29.6. The van der Waals surface area contributed by atoms with Crippen LogP contribution in [-0.2, 0) is 0 Å². The second-order valence-electron chi connectivity index (χ2n) is 9.36. The van der Waals surface area contributed by atoms with Crippen molar-refractivity contribution in [3.63, 3.8) is 0 Å². The molecule has 0 aliphatic heterocycles. The van der Waals surface area contributed by atoms with Crippen LogP contribution in [-0.4, -0.2) is 0 Å². The zero-order chi connectivity index (χ0) is 18.0. The molecule has 26 heavy (non-hydrogen) atoms. The topological polar surface area (TPSA) is 0 Å². The quantitative estimate of drug-likeness (QED) is 0.390. The zero-order valence-electron chi connectivity index (χ0n) is 17.3. The Morgan fingerprint density at radius 2 is 1.23 bits per heavy atom. The van der Waals surface area contributed by atoms with Gasteiger partial charge in [0.25, 0.3) is 0 Å². The predicted octanol–water partition coefficient (Wildman–Crippen LogP) is 8.52. The first kappa shape index (κ1) is 20.0. The van der Waals surface area contributed by atoms with Gasteiger partial charge in [-0.15, -0.1) is 0 Å². The van der Waals surface area contributed by atoms with Crippen molar-refractivity contribution in [2.24, 2.45) is 17.8 Å². The van der Waals surface area contributed by atoms with Gasteiger partial charge in [-0.3, -0.25) is 0 Å². The molecule has 0 amide bonds. The molecule has 2 saturated carbocycles. The number of hydrogen-bond donors (Lipinski definition) is 0. The molecule has 0 aromatic heterocycles. The Labute approximate surface area is 163 Å². The van der Waals surface area contributed by atoms with Crippen molar-refractivity contribution in [2.45, 2.75) is 109 Å². The average Bonchev–Trinajstić information content (AvgIpc) is 2.72. The van der Waals surface area contributed by atoms with Crippen LogP contribution in [0.25, 0.3) is 0 Å². The largest absolute Gasteiger partial charge is 0.0654 e. The first-order chi connectivity index (χ1) is 12.9. The van der Waals surface area contributed by atoms with Crippen LogP contribution >= 0.6 is 0 Å². The third kappa shape index (κ3) is 6.14. The van der Waals surface area contributed by atoms with Crippen molar-refractivity contribution >= 4 is 0 Å². The van der Waals surface area contributed by atoms with Crippen LogP contribution in [0.2, 0.25) is 0 Å². The maximum absolute atomic E-state index is 2.35. The van der Waals surface area contributed by atoms with Gasteiger partial charge >= 0.3 is 0 Å². The molecule has 0 saturated heterocycles. The van der Waals surface area contributed by atoms with E-state index >= 15 is 0 Å². The highest BCUT2D eigenvalue weighted by Gasteiger charge is 2.31. The van der Waals surface area contributed by atoms with Crippen LogP contribution < -0.4 is 0 Å². The van der Waals surface area contributed by atoms with E-state index in [2.05, 4.69) is 37.3 Å². The lowest BCUT2D eigenvalue weighted by molar-refractivity contribution is 0.155. The van der Waals surface area contributed by atoms with E-state index in [4.69, 9.17) is 0 Å². The van der Waals surface area contributed by atoms with E-state index in [9.17, 15) is 0 Å². The summed E-state index contributed by atoms with van der Waals surface area (Å²) in [5.74, 6) is 4.02. The van der Waals surface area contributed by atoms with Crippen LogP contribution in [0.15, 0.2) is 30.3 Å². The van der Waals surface area contributed by atoms with Gasteiger partial charge in [0, 0.05) is 0 Å². The summed E-state index contributed by atoms with van der Waals surface area (Å²) in [7, 11) is 0. The molecular formula is C26H42. The number of benzene rings is 1. The fraction of sp³-hybridized carbons (Fsp3) is 0.769. The molecule has 0 heterocycles. The van der Waals surface area contributed by atoms with Gasteiger partial charge in [0.2, 0.25) is 0 Å². The molecule has 2 fully saturated rings. The highest BCUT2D eigenvalue weighted by atomic mass is 14.4. The van der Waals surface area contributed by atoms with Crippen molar-refractivity contribution in [1.29, 1.82) is 0 Å². The third-order valence-corrected chi connectivity index (χ3v) is 7.57. The van der Waals surface area contributed by atoms with Gasteiger partial charge in [-0.2, -0.15) is 0 Å². The monoisotopic (exact) mass is 354 g/mol. The van der Waals surface area contributed by atoms with Crippen molar-refractivity contribution in [3.05, 3.63) is 35.9 Å². The van der Waals surface area contributed by atoms with Crippen LogP contribution in [0.3, 0.4) is 0 Å². The fourth-order valence-electron chi connectivity index (χ4n) is 5.81. The summed E-state index contributed by atoms with van der Waals surface area (Å²) in [6, 6.07) is 11.3. The number of unbranched alkanes of at least 4 members (excludes halogenated alkanes) is 5. The molecule has 1 aromatic rings. The van der Waals surface area contributed by atoms with Gasteiger partial charge in [0.1, 0.15) is 0 Å². The van der Waals surface area contributed by atoms with E-state index in [-0.39, 0.29) is 0 Å². The average molecular weight is 355 g/mol. The van der Waals surface area contributed by atoms with Gasteiger partial charge in [0.05, 0.1) is 0 Å². The molecule has 3 rings (SSSR count). The summed E-state index contributed by atoms with van der Waals surface area (Å²) in [5, 5.41) is 0. The summed E-state index contributed by atoms with van der Waals surface area (Å²) in [6.45, 7) is 2.31. The Hall–Kier alpha value is -0.780. The number of hydrogen-bond acceptors (Lipinski definition) is 0. The van der Waals surface area contributed by atoms with Crippen LogP contribution in [0.4, 0.5) is 0 Å². The molecule has 0 bridgehead atoms. The van der Waals surface area contributed by atoms with E-state index < -0.39 is 0 Å². The summed E-state index contributed by atoms with van der Waals surface area (Å²) < 4.78 is 0. The second-order valence-corrected chi connectivity index (χ2v) is 9.36. The van der Waals surface area contributed by atoms with Crippen molar-refractivity contribution in [2.75, 3.05) is 0 Å². The predicted molar refractivity (Wildman–Crippen MR) is 115 cm³/mol. The third-order valence-electron chi connectivity index (χ3n) is 7.57. The maximum Gasteiger partial charge on any atom is -0.0162 e. The second kappa shape index (κ2) is 11.2. The van der Waals surface area contributed by atoms with Crippen molar-refractivity contribution < 1.29 is 0 Å². The fourth-order valence-corrected chi connectivity index (χ4v) is 5.81. The Balaban J connectivity index is 1.29. The van der Waals surface area contributed by atoms with Gasteiger partial charge in [0.15, 0.2) is 0 Å². The van der Waals surface area contributed by atoms with Gasteiger partial charge in [-0.05, 0) is 67.8 Å². The van der Waals surface area contributed by atoms with Crippen molar-refractivity contribution in [3.8, 4) is 0 Å². The molecular weight excluding hydrogens is 312 g/mol. The van der Waals surface area contributed by atoms with Gasteiger partial charge < -0.3 is 0 Å². The summed E-state index contributed by atoms with van der Waals surface area (Å²) in [6.07, 6.45) is 22.3. The standard InChI is InChI=1S/C26H42/c1-2-3-4-5-6-8-11-22-14-16-24(17-15-22)26-20-18-25(19-21-26)23-12-9-7-10-13-23/h7,9-10,12-13,22,24-26H,2-6,8,11,14-21H2,1H3. The number of rotatable bonds is 9. The molecule has 2 aliphatic carbocycles. The van der Waals surface area contributed by atoms with E-state index in [1.165, 1.54) is 83.5 Å². The molecule has 0 unspecified atom stereocenters. The Kier molecular flexibility index (Phi) is 8.56. The molecule has 0 nitrogen and oxygen atoms in total. The molecule has 0 atom stereocenters. The SMILES string of the molecule is CCCCCCCCC1CCC(C2CCC(c3ccccc3)CC2)CC1. The Morgan fingerprint density at radius 3 is 1.88 bits per heavy atom. The van der Waals surface area contributed by atoms with E-state index in [0.717, 1.165) is 23.7 Å². The maximum atomic E-state index is 2.35. The lowest BCUT2D eigenvalue weighted by atomic mass is 9.68. The minimum atomic E-state index is 0.844. The summed E-state index contributed by atoms with van der Waals surface area (Å²) in [4.78, 5) is 0.